The number of rotatable bonds is 5. The van der Waals surface area contributed by atoms with Crippen molar-refractivity contribution >= 4 is 17.5 Å². The molecule has 1 aromatic carbocycles. The summed E-state index contributed by atoms with van der Waals surface area (Å²) in [7, 11) is 0. The molecule has 0 aliphatic heterocycles. The van der Waals surface area contributed by atoms with Gasteiger partial charge in [-0.1, -0.05) is 30.0 Å². The van der Waals surface area contributed by atoms with Crippen LogP contribution >= 0.6 is 11.8 Å². The molecule has 0 saturated heterocycles. The van der Waals surface area contributed by atoms with Crippen molar-refractivity contribution in [3.63, 3.8) is 0 Å². The third-order valence-corrected chi connectivity index (χ3v) is 4.75. The molecule has 5 nitrogen and oxygen atoms in total. The fourth-order valence-corrected chi connectivity index (χ4v) is 3.46. The van der Waals surface area contributed by atoms with Crippen LogP contribution in [0.1, 0.15) is 28.7 Å². The molecule has 2 aromatic heterocycles. The zero-order chi connectivity index (χ0) is 16.4. The second kappa shape index (κ2) is 6.42. The molecule has 0 saturated carbocycles. The van der Waals surface area contributed by atoms with Gasteiger partial charge in [0.15, 0.2) is 10.9 Å². The van der Waals surface area contributed by atoms with Gasteiger partial charge in [0, 0.05) is 22.6 Å². The zero-order valence-corrected chi connectivity index (χ0v) is 14.1. The first-order valence-corrected chi connectivity index (χ1v) is 8.26. The lowest BCUT2D eigenvalue weighted by Gasteiger charge is -2.11. The average molecular weight is 326 g/mol. The van der Waals surface area contributed by atoms with E-state index in [1.807, 2.05) is 57.2 Å². The monoisotopic (exact) mass is 326 g/mol. The van der Waals surface area contributed by atoms with Gasteiger partial charge in [-0.3, -0.25) is 9.89 Å². The fourth-order valence-electron chi connectivity index (χ4n) is 2.68. The molecule has 0 radical (unpaired) electrons. The van der Waals surface area contributed by atoms with Gasteiger partial charge >= 0.3 is 0 Å². The first-order valence-electron chi connectivity index (χ1n) is 7.38. The lowest BCUT2D eigenvalue weighted by Crippen LogP contribution is -2.14. The molecule has 0 unspecified atom stereocenters. The van der Waals surface area contributed by atoms with Crippen LogP contribution < -0.4 is 0 Å². The first-order chi connectivity index (χ1) is 11.1. The number of benzene rings is 1. The second-order valence-electron chi connectivity index (χ2n) is 5.37. The van der Waals surface area contributed by atoms with E-state index < -0.39 is 0 Å². The smallest absolute Gasteiger partial charge is 0.184 e. The zero-order valence-electron chi connectivity index (χ0n) is 13.3. The maximum Gasteiger partial charge on any atom is 0.184 e. The Morgan fingerprint density at radius 1 is 1.26 bits per heavy atom. The number of thioether (sulfide) groups is 1. The van der Waals surface area contributed by atoms with E-state index in [1.165, 1.54) is 18.1 Å². The Labute approximate surface area is 139 Å². The summed E-state index contributed by atoms with van der Waals surface area (Å²) in [4.78, 5) is 16.9. The fraction of sp³-hybridized carbons (Fsp3) is 0.235. The van der Waals surface area contributed by atoms with Gasteiger partial charge in [0.05, 0.1) is 5.25 Å². The van der Waals surface area contributed by atoms with Crippen molar-refractivity contribution in [3.8, 4) is 5.69 Å². The number of nitrogens with zero attached hydrogens (tertiary/aromatic N) is 3. The maximum atomic E-state index is 12.8. The molecule has 1 atom stereocenters. The van der Waals surface area contributed by atoms with Crippen molar-refractivity contribution in [2.75, 3.05) is 0 Å². The first kappa shape index (κ1) is 15.6. The average Bonchev–Trinajstić information content (AvgIpc) is 3.15. The molecule has 0 spiro atoms. The Hall–Kier alpha value is -2.34. The van der Waals surface area contributed by atoms with E-state index in [4.69, 9.17) is 0 Å². The Bertz CT molecular complexity index is 809. The van der Waals surface area contributed by atoms with Gasteiger partial charge in [-0.05, 0) is 39.0 Å². The predicted octanol–water partition coefficient (Wildman–Crippen LogP) is 3.58. The highest BCUT2D eigenvalue weighted by Crippen LogP contribution is 2.26. The van der Waals surface area contributed by atoms with Crippen LogP contribution in [-0.4, -0.2) is 30.8 Å². The number of aromatic amines is 1. The van der Waals surface area contributed by atoms with E-state index in [0.29, 0.717) is 5.16 Å². The number of H-pyrrole nitrogens is 1. The van der Waals surface area contributed by atoms with Crippen LogP contribution in [0, 0.1) is 13.8 Å². The van der Waals surface area contributed by atoms with Gasteiger partial charge in [0.25, 0.3) is 0 Å². The Morgan fingerprint density at radius 3 is 2.65 bits per heavy atom. The maximum absolute atomic E-state index is 12.8. The number of carbonyl (C=O) groups is 1. The summed E-state index contributed by atoms with van der Waals surface area (Å²) in [5, 5.41) is 7.01. The quantitative estimate of drug-likeness (QED) is 0.575. The second-order valence-corrected chi connectivity index (χ2v) is 6.70. The van der Waals surface area contributed by atoms with E-state index in [0.717, 1.165) is 22.6 Å². The molecule has 0 bridgehead atoms. The summed E-state index contributed by atoms with van der Waals surface area (Å²) in [5.74, 6) is 0.0988. The normalized spacial score (nSPS) is 12.3. The minimum atomic E-state index is -0.229. The number of para-hydroxylation sites is 1. The molecule has 0 aliphatic carbocycles. The van der Waals surface area contributed by atoms with Crippen LogP contribution in [0.5, 0.6) is 0 Å². The number of aryl methyl sites for hydroxylation is 1. The van der Waals surface area contributed by atoms with E-state index in [1.54, 1.807) is 0 Å². The van der Waals surface area contributed by atoms with Crippen LogP contribution in [0.2, 0.25) is 0 Å². The van der Waals surface area contributed by atoms with Crippen molar-refractivity contribution in [3.05, 3.63) is 59.7 Å². The number of carbonyl (C=O) groups excluding carboxylic acids is 1. The van der Waals surface area contributed by atoms with E-state index in [2.05, 4.69) is 19.7 Å². The predicted molar refractivity (Wildman–Crippen MR) is 91.3 cm³/mol. The highest BCUT2D eigenvalue weighted by Gasteiger charge is 2.23. The van der Waals surface area contributed by atoms with Crippen LogP contribution in [0.25, 0.3) is 5.69 Å². The minimum absolute atomic E-state index is 0.0988. The number of aromatic nitrogens is 4. The summed E-state index contributed by atoms with van der Waals surface area (Å²) in [6.07, 6.45) is 1.45. The topological polar surface area (TPSA) is 63.6 Å². The van der Waals surface area contributed by atoms with Crippen molar-refractivity contribution in [2.24, 2.45) is 0 Å². The Morgan fingerprint density at radius 2 is 2.00 bits per heavy atom. The van der Waals surface area contributed by atoms with Crippen molar-refractivity contribution in [2.45, 2.75) is 31.2 Å². The number of nitrogens with one attached hydrogen (secondary N) is 1. The van der Waals surface area contributed by atoms with E-state index >= 15 is 0 Å². The van der Waals surface area contributed by atoms with Crippen molar-refractivity contribution in [1.82, 2.24) is 19.7 Å². The third-order valence-electron chi connectivity index (χ3n) is 3.76. The summed E-state index contributed by atoms with van der Waals surface area (Å²) < 4.78 is 2.11. The molecule has 6 heteroatoms. The molecule has 0 fully saturated rings. The Kier molecular flexibility index (Phi) is 4.34. The number of ketones is 1. The van der Waals surface area contributed by atoms with Crippen molar-refractivity contribution < 1.29 is 4.79 Å². The SMILES string of the molecule is Cc1cc(C(=O)[C@@H](C)Sc2ncn[nH]2)c(C)n1-c1ccccc1. The Balaban J connectivity index is 1.90. The molecule has 1 N–H and O–H groups in total. The molecule has 0 amide bonds. The number of hydrogen-bond donors (Lipinski definition) is 1. The van der Waals surface area contributed by atoms with Gasteiger partial charge < -0.3 is 4.57 Å². The molecule has 23 heavy (non-hydrogen) atoms. The molecule has 3 aromatic rings. The van der Waals surface area contributed by atoms with E-state index in [-0.39, 0.29) is 11.0 Å². The summed E-state index contributed by atoms with van der Waals surface area (Å²) in [6.45, 7) is 5.90. The standard InChI is InChI=1S/C17H18N4OS/c1-11-9-15(12(2)21(11)14-7-5-4-6-8-14)16(22)13(3)23-17-18-10-19-20-17/h4-10,13H,1-3H3,(H,18,19,20)/t13-/m1/s1. The molecular formula is C17H18N4OS. The van der Waals surface area contributed by atoms with Gasteiger partial charge in [-0.25, -0.2) is 4.98 Å². The van der Waals surface area contributed by atoms with Crippen LogP contribution in [0.15, 0.2) is 47.9 Å². The largest absolute Gasteiger partial charge is 0.318 e. The summed E-state index contributed by atoms with van der Waals surface area (Å²) in [6, 6.07) is 12.0. The summed E-state index contributed by atoms with van der Waals surface area (Å²) in [5.41, 5.74) is 3.83. The number of Topliss-reactive ketones (excluding diaryl/α,β-unsaturated/α-hetero) is 1. The third kappa shape index (κ3) is 3.07. The highest BCUT2D eigenvalue weighted by molar-refractivity contribution is 8.00. The van der Waals surface area contributed by atoms with Gasteiger partial charge in [0.2, 0.25) is 0 Å². The molecule has 3 rings (SSSR count). The lowest BCUT2D eigenvalue weighted by atomic mass is 10.1. The minimum Gasteiger partial charge on any atom is -0.318 e. The van der Waals surface area contributed by atoms with Gasteiger partial charge in [0.1, 0.15) is 6.33 Å². The van der Waals surface area contributed by atoms with Crippen LogP contribution in [0.3, 0.4) is 0 Å². The van der Waals surface area contributed by atoms with Crippen LogP contribution in [-0.2, 0) is 0 Å². The molecular weight excluding hydrogens is 308 g/mol. The van der Waals surface area contributed by atoms with Crippen molar-refractivity contribution in [1.29, 1.82) is 0 Å². The number of hydrogen-bond acceptors (Lipinski definition) is 4. The van der Waals surface area contributed by atoms with Gasteiger partial charge in [-0.2, -0.15) is 5.10 Å². The van der Waals surface area contributed by atoms with Gasteiger partial charge in [-0.15, -0.1) is 0 Å². The lowest BCUT2D eigenvalue weighted by molar-refractivity contribution is 0.0993. The summed E-state index contributed by atoms with van der Waals surface area (Å²) >= 11 is 1.38. The molecule has 118 valence electrons. The molecule has 2 heterocycles. The highest BCUT2D eigenvalue weighted by atomic mass is 32.2. The molecule has 0 aliphatic rings. The van der Waals surface area contributed by atoms with Crippen LogP contribution in [0.4, 0.5) is 0 Å². The van der Waals surface area contributed by atoms with E-state index in [9.17, 15) is 4.79 Å².